The summed E-state index contributed by atoms with van der Waals surface area (Å²) in [5, 5.41) is 0. The largest absolute Gasteiger partial charge is 0.497 e. The number of carbonyl (C=O) groups excluding carboxylic acids is 2. The van der Waals surface area contributed by atoms with Gasteiger partial charge in [0, 0.05) is 12.0 Å². The van der Waals surface area contributed by atoms with Crippen LogP contribution in [0.15, 0.2) is 18.2 Å². The molecule has 0 fully saturated rings. The zero-order chi connectivity index (χ0) is 12.6. The van der Waals surface area contributed by atoms with Crippen molar-refractivity contribution in [1.29, 1.82) is 0 Å². The van der Waals surface area contributed by atoms with Crippen LogP contribution in [0.3, 0.4) is 0 Å². The first kappa shape index (κ1) is 11.6. The van der Waals surface area contributed by atoms with Crippen LogP contribution in [-0.2, 0) is 10.2 Å². The SMILES string of the molecule is COc1ccc2c(c1)C(C)(C(N)=O)CCC2=O. The molecule has 0 heterocycles. The van der Waals surface area contributed by atoms with Crippen LogP contribution < -0.4 is 10.5 Å². The molecule has 1 unspecified atom stereocenters. The number of nitrogens with two attached hydrogens (primary N) is 1. The number of benzene rings is 1. The molecule has 1 aromatic rings. The summed E-state index contributed by atoms with van der Waals surface area (Å²) in [6.07, 6.45) is 0.820. The molecule has 1 aromatic carbocycles. The molecule has 1 aliphatic carbocycles. The summed E-state index contributed by atoms with van der Waals surface area (Å²) in [5.41, 5.74) is 5.95. The van der Waals surface area contributed by atoms with E-state index in [0.29, 0.717) is 29.7 Å². The topological polar surface area (TPSA) is 69.4 Å². The third-order valence-electron chi connectivity index (χ3n) is 3.52. The summed E-state index contributed by atoms with van der Waals surface area (Å²) in [4.78, 5) is 23.4. The van der Waals surface area contributed by atoms with Crippen molar-refractivity contribution in [3.8, 4) is 5.75 Å². The van der Waals surface area contributed by atoms with Crippen LogP contribution in [0.5, 0.6) is 5.75 Å². The molecule has 0 saturated heterocycles. The number of hydrogen-bond donors (Lipinski definition) is 1. The molecule has 4 nitrogen and oxygen atoms in total. The van der Waals surface area contributed by atoms with E-state index in [-0.39, 0.29) is 5.78 Å². The van der Waals surface area contributed by atoms with Gasteiger partial charge in [-0.2, -0.15) is 0 Å². The molecule has 0 aromatic heterocycles. The van der Waals surface area contributed by atoms with Gasteiger partial charge in [-0.15, -0.1) is 0 Å². The standard InChI is InChI=1S/C13H15NO3/c1-13(12(14)16)6-5-11(15)9-4-3-8(17-2)7-10(9)13/h3-4,7H,5-6H2,1-2H3,(H2,14,16). The summed E-state index contributed by atoms with van der Waals surface area (Å²) in [6, 6.07) is 5.16. The Kier molecular flexibility index (Phi) is 2.65. The van der Waals surface area contributed by atoms with E-state index in [1.807, 2.05) is 0 Å². The molecule has 1 amide bonds. The summed E-state index contributed by atoms with van der Waals surface area (Å²) in [7, 11) is 1.55. The number of rotatable bonds is 2. The Bertz CT molecular complexity index is 495. The highest BCUT2D eigenvalue weighted by Gasteiger charge is 2.40. The monoisotopic (exact) mass is 233 g/mol. The quantitative estimate of drug-likeness (QED) is 0.839. The maximum absolute atomic E-state index is 11.8. The van der Waals surface area contributed by atoms with Crippen molar-refractivity contribution in [3.05, 3.63) is 29.3 Å². The highest BCUT2D eigenvalue weighted by Crippen LogP contribution is 2.38. The molecule has 1 aliphatic rings. The minimum atomic E-state index is -0.780. The van der Waals surface area contributed by atoms with Crippen LogP contribution >= 0.6 is 0 Å². The molecular formula is C13H15NO3. The molecule has 2 rings (SSSR count). The van der Waals surface area contributed by atoms with Crippen molar-refractivity contribution in [2.45, 2.75) is 25.2 Å². The van der Waals surface area contributed by atoms with Gasteiger partial charge in [-0.25, -0.2) is 0 Å². The second kappa shape index (κ2) is 3.87. The highest BCUT2D eigenvalue weighted by atomic mass is 16.5. The lowest BCUT2D eigenvalue weighted by atomic mass is 9.70. The fraction of sp³-hybridized carbons (Fsp3) is 0.385. The maximum atomic E-state index is 11.8. The van der Waals surface area contributed by atoms with E-state index in [4.69, 9.17) is 10.5 Å². The van der Waals surface area contributed by atoms with Gasteiger partial charge in [0.1, 0.15) is 5.75 Å². The third-order valence-corrected chi connectivity index (χ3v) is 3.52. The van der Waals surface area contributed by atoms with Gasteiger partial charge in [0.2, 0.25) is 5.91 Å². The van der Waals surface area contributed by atoms with Crippen LogP contribution in [-0.4, -0.2) is 18.8 Å². The summed E-state index contributed by atoms with van der Waals surface area (Å²) < 4.78 is 5.13. The normalized spacial score (nSPS) is 23.1. The van der Waals surface area contributed by atoms with Gasteiger partial charge in [-0.1, -0.05) is 0 Å². The van der Waals surface area contributed by atoms with E-state index in [1.54, 1.807) is 32.2 Å². The second-order valence-electron chi connectivity index (χ2n) is 4.53. The van der Waals surface area contributed by atoms with Gasteiger partial charge in [0.05, 0.1) is 12.5 Å². The Balaban J connectivity index is 2.64. The van der Waals surface area contributed by atoms with E-state index in [9.17, 15) is 9.59 Å². The molecule has 4 heteroatoms. The lowest BCUT2D eigenvalue weighted by Gasteiger charge is -2.32. The first-order chi connectivity index (χ1) is 7.99. The Labute approximate surface area is 99.8 Å². The Morgan fingerprint density at radius 1 is 1.47 bits per heavy atom. The van der Waals surface area contributed by atoms with Crippen LogP contribution in [0.2, 0.25) is 0 Å². The maximum Gasteiger partial charge on any atom is 0.227 e. The number of hydrogen-bond acceptors (Lipinski definition) is 3. The van der Waals surface area contributed by atoms with E-state index in [0.717, 1.165) is 0 Å². The van der Waals surface area contributed by atoms with E-state index in [1.165, 1.54) is 0 Å². The molecule has 0 spiro atoms. The Morgan fingerprint density at radius 3 is 2.76 bits per heavy atom. The van der Waals surface area contributed by atoms with Gasteiger partial charge in [0.25, 0.3) is 0 Å². The number of methoxy groups -OCH3 is 1. The predicted molar refractivity (Wildman–Crippen MR) is 63.1 cm³/mol. The van der Waals surface area contributed by atoms with Crippen molar-refractivity contribution >= 4 is 11.7 Å². The predicted octanol–water partition coefficient (Wildman–Crippen LogP) is 1.41. The van der Waals surface area contributed by atoms with Crippen molar-refractivity contribution in [2.75, 3.05) is 7.11 Å². The zero-order valence-electron chi connectivity index (χ0n) is 9.95. The van der Waals surface area contributed by atoms with Crippen molar-refractivity contribution < 1.29 is 14.3 Å². The van der Waals surface area contributed by atoms with Crippen molar-refractivity contribution in [1.82, 2.24) is 0 Å². The van der Waals surface area contributed by atoms with Crippen molar-refractivity contribution in [3.63, 3.8) is 0 Å². The summed E-state index contributed by atoms with van der Waals surface area (Å²) >= 11 is 0. The van der Waals surface area contributed by atoms with Crippen LogP contribution in [0.25, 0.3) is 0 Å². The smallest absolute Gasteiger partial charge is 0.227 e. The number of Topliss-reactive ketones (excluding diaryl/α,β-unsaturated/α-hetero) is 1. The first-order valence-electron chi connectivity index (χ1n) is 5.50. The average molecular weight is 233 g/mol. The van der Waals surface area contributed by atoms with E-state index in [2.05, 4.69) is 0 Å². The molecule has 0 radical (unpaired) electrons. The van der Waals surface area contributed by atoms with Crippen LogP contribution in [0.4, 0.5) is 0 Å². The van der Waals surface area contributed by atoms with Gasteiger partial charge < -0.3 is 10.5 Å². The summed E-state index contributed by atoms with van der Waals surface area (Å²) in [5.74, 6) is 0.284. The third kappa shape index (κ3) is 1.69. The number of primary amides is 1. The fourth-order valence-corrected chi connectivity index (χ4v) is 2.24. The molecule has 0 aliphatic heterocycles. The van der Waals surface area contributed by atoms with Crippen LogP contribution in [0, 0.1) is 0 Å². The van der Waals surface area contributed by atoms with Crippen molar-refractivity contribution in [2.24, 2.45) is 5.73 Å². The summed E-state index contributed by atoms with van der Waals surface area (Å²) in [6.45, 7) is 1.78. The van der Waals surface area contributed by atoms with E-state index < -0.39 is 11.3 Å². The van der Waals surface area contributed by atoms with Crippen LogP contribution in [0.1, 0.15) is 35.7 Å². The zero-order valence-corrected chi connectivity index (χ0v) is 9.95. The molecule has 2 N–H and O–H groups in total. The molecule has 1 atom stereocenters. The number of amides is 1. The molecule has 90 valence electrons. The number of carbonyl (C=O) groups is 2. The lowest BCUT2D eigenvalue weighted by Crippen LogP contribution is -2.42. The van der Waals surface area contributed by atoms with Gasteiger partial charge in [-0.05, 0) is 37.1 Å². The Hall–Kier alpha value is -1.84. The lowest BCUT2D eigenvalue weighted by molar-refractivity contribution is -0.123. The van der Waals surface area contributed by atoms with Gasteiger partial charge in [-0.3, -0.25) is 9.59 Å². The minimum absolute atomic E-state index is 0.0568. The molecule has 0 bridgehead atoms. The number of fused-ring (bicyclic) bond motifs is 1. The number of ether oxygens (including phenoxy) is 1. The molecule has 17 heavy (non-hydrogen) atoms. The second-order valence-corrected chi connectivity index (χ2v) is 4.53. The number of ketones is 1. The van der Waals surface area contributed by atoms with Gasteiger partial charge in [0.15, 0.2) is 5.78 Å². The first-order valence-corrected chi connectivity index (χ1v) is 5.50. The Morgan fingerprint density at radius 2 is 2.18 bits per heavy atom. The van der Waals surface area contributed by atoms with E-state index >= 15 is 0 Å². The average Bonchev–Trinajstić information content (AvgIpc) is 2.33. The van der Waals surface area contributed by atoms with Gasteiger partial charge >= 0.3 is 0 Å². The molecular weight excluding hydrogens is 218 g/mol. The molecule has 0 saturated carbocycles. The minimum Gasteiger partial charge on any atom is -0.497 e. The highest BCUT2D eigenvalue weighted by molar-refractivity contribution is 6.03. The fourth-order valence-electron chi connectivity index (χ4n) is 2.24.